The lowest BCUT2D eigenvalue weighted by Crippen LogP contribution is -2.40. The summed E-state index contributed by atoms with van der Waals surface area (Å²) in [6.07, 6.45) is 0.909. The number of carbonyl (C=O) groups is 1. The maximum Gasteiger partial charge on any atom is 0.322 e. The number of carboxylic acid groups (broad SMARTS) is 1. The number of carboxylic acids is 1. The summed E-state index contributed by atoms with van der Waals surface area (Å²) in [7, 11) is -3.76. The number of hydrogen-bond acceptors (Lipinski definition) is 3. The van der Waals surface area contributed by atoms with Gasteiger partial charge >= 0.3 is 5.97 Å². The van der Waals surface area contributed by atoms with Crippen molar-refractivity contribution in [2.75, 3.05) is 6.54 Å². The first-order chi connectivity index (χ1) is 8.43. The van der Waals surface area contributed by atoms with E-state index in [0.29, 0.717) is 17.9 Å². The van der Waals surface area contributed by atoms with Crippen molar-refractivity contribution in [3.05, 3.63) is 29.3 Å². The number of benzene rings is 1. The summed E-state index contributed by atoms with van der Waals surface area (Å²) in [5, 5.41) is 9.45. The lowest BCUT2D eigenvalue weighted by Gasteiger charge is -2.20. The van der Waals surface area contributed by atoms with Crippen LogP contribution in [0, 0.1) is 0 Å². The summed E-state index contributed by atoms with van der Waals surface area (Å²) in [6.45, 7) is 0.238. The molecule has 1 aromatic rings. The standard InChI is InChI=1S/C11H12ClNO4S/c12-8-3-5-9(6-4-8)18(16,17)13-7-1-2-10(13)11(14)15/h3-6,10H,1-2,7H2,(H,14,15)/t10-/m0/s1. The summed E-state index contributed by atoms with van der Waals surface area (Å²) in [5.41, 5.74) is 0. The summed E-state index contributed by atoms with van der Waals surface area (Å²) < 4.78 is 25.6. The van der Waals surface area contributed by atoms with Crippen LogP contribution in [0.4, 0.5) is 0 Å². The van der Waals surface area contributed by atoms with E-state index in [0.717, 1.165) is 4.31 Å². The Balaban J connectivity index is 2.36. The number of nitrogens with zero attached hydrogens (tertiary/aromatic N) is 1. The van der Waals surface area contributed by atoms with Crippen LogP contribution in [0.5, 0.6) is 0 Å². The highest BCUT2D eigenvalue weighted by Gasteiger charge is 2.39. The van der Waals surface area contributed by atoms with Crippen molar-refractivity contribution in [3.8, 4) is 0 Å². The Kier molecular flexibility index (Phi) is 3.61. The third-order valence-electron chi connectivity index (χ3n) is 2.91. The van der Waals surface area contributed by atoms with Crippen molar-refractivity contribution in [1.82, 2.24) is 4.31 Å². The van der Waals surface area contributed by atoms with E-state index in [1.165, 1.54) is 24.3 Å². The molecular formula is C11H12ClNO4S. The van der Waals surface area contributed by atoms with Crippen molar-refractivity contribution < 1.29 is 18.3 Å². The molecule has 1 saturated heterocycles. The average molecular weight is 290 g/mol. The Morgan fingerprint density at radius 2 is 1.94 bits per heavy atom. The van der Waals surface area contributed by atoms with Gasteiger partial charge in [0.1, 0.15) is 6.04 Å². The third kappa shape index (κ3) is 2.36. The van der Waals surface area contributed by atoms with Gasteiger partial charge in [-0.25, -0.2) is 8.42 Å². The van der Waals surface area contributed by atoms with E-state index in [9.17, 15) is 13.2 Å². The van der Waals surface area contributed by atoms with Crippen LogP contribution >= 0.6 is 11.6 Å². The van der Waals surface area contributed by atoms with Crippen LogP contribution < -0.4 is 0 Å². The highest BCUT2D eigenvalue weighted by molar-refractivity contribution is 7.89. The Morgan fingerprint density at radius 1 is 1.33 bits per heavy atom. The molecule has 1 atom stereocenters. The highest BCUT2D eigenvalue weighted by Crippen LogP contribution is 2.26. The van der Waals surface area contributed by atoms with E-state index in [1.54, 1.807) is 0 Å². The topological polar surface area (TPSA) is 74.7 Å². The van der Waals surface area contributed by atoms with E-state index in [-0.39, 0.29) is 11.4 Å². The summed E-state index contributed by atoms with van der Waals surface area (Å²) in [6, 6.07) is 4.75. The van der Waals surface area contributed by atoms with Crippen LogP contribution in [0.1, 0.15) is 12.8 Å². The van der Waals surface area contributed by atoms with Gasteiger partial charge in [-0.15, -0.1) is 0 Å². The quantitative estimate of drug-likeness (QED) is 0.917. The zero-order valence-corrected chi connectivity index (χ0v) is 11.0. The molecule has 0 aliphatic carbocycles. The van der Waals surface area contributed by atoms with Gasteiger partial charge in [-0.3, -0.25) is 4.79 Å². The van der Waals surface area contributed by atoms with Crippen LogP contribution in [0.2, 0.25) is 5.02 Å². The maximum absolute atomic E-state index is 12.3. The molecule has 0 unspecified atom stereocenters. The summed E-state index contributed by atoms with van der Waals surface area (Å²) >= 11 is 5.70. The van der Waals surface area contributed by atoms with E-state index in [1.807, 2.05) is 0 Å². The van der Waals surface area contributed by atoms with Gasteiger partial charge in [-0.2, -0.15) is 4.31 Å². The maximum atomic E-state index is 12.3. The number of aliphatic carboxylic acids is 1. The van der Waals surface area contributed by atoms with Gasteiger partial charge in [0.15, 0.2) is 0 Å². The molecule has 7 heteroatoms. The van der Waals surface area contributed by atoms with E-state index in [4.69, 9.17) is 16.7 Å². The Labute approximate surface area is 110 Å². The van der Waals surface area contributed by atoms with Gasteiger partial charge in [-0.05, 0) is 37.1 Å². The number of sulfonamides is 1. The lowest BCUT2D eigenvalue weighted by atomic mass is 10.2. The molecule has 1 aliphatic rings. The Bertz CT molecular complexity index is 555. The first kappa shape index (κ1) is 13.3. The third-order valence-corrected chi connectivity index (χ3v) is 5.08. The molecular weight excluding hydrogens is 278 g/mol. The Hall–Kier alpha value is -1.11. The molecule has 18 heavy (non-hydrogen) atoms. The molecule has 1 fully saturated rings. The zero-order chi connectivity index (χ0) is 13.3. The molecule has 0 amide bonds. The number of rotatable bonds is 3. The molecule has 0 radical (unpaired) electrons. The van der Waals surface area contributed by atoms with E-state index in [2.05, 4.69) is 0 Å². The predicted octanol–water partition coefficient (Wildman–Crippen LogP) is 1.58. The second-order valence-corrected chi connectivity index (χ2v) is 6.39. The largest absolute Gasteiger partial charge is 0.480 e. The van der Waals surface area contributed by atoms with Crippen LogP contribution in [-0.4, -0.2) is 36.4 Å². The highest BCUT2D eigenvalue weighted by atomic mass is 35.5. The van der Waals surface area contributed by atoms with Gasteiger partial charge in [0.05, 0.1) is 4.90 Å². The molecule has 2 rings (SSSR count). The van der Waals surface area contributed by atoms with Crippen LogP contribution in [0.25, 0.3) is 0 Å². The first-order valence-corrected chi connectivity index (χ1v) is 7.25. The monoisotopic (exact) mass is 289 g/mol. The van der Waals surface area contributed by atoms with E-state index >= 15 is 0 Å². The molecule has 98 valence electrons. The Morgan fingerprint density at radius 3 is 2.50 bits per heavy atom. The summed E-state index contributed by atoms with van der Waals surface area (Å²) in [5.74, 6) is -1.11. The molecule has 0 saturated carbocycles. The van der Waals surface area contributed by atoms with Crippen molar-refractivity contribution >= 4 is 27.6 Å². The van der Waals surface area contributed by atoms with Crippen molar-refractivity contribution in [2.45, 2.75) is 23.8 Å². The van der Waals surface area contributed by atoms with Gasteiger partial charge in [-0.1, -0.05) is 11.6 Å². The molecule has 0 bridgehead atoms. The van der Waals surface area contributed by atoms with Crippen LogP contribution in [0.15, 0.2) is 29.2 Å². The zero-order valence-electron chi connectivity index (χ0n) is 9.41. The number of halogens is 1. The SMILES string of the molecule is O=C(O)[C@@H]1CCCN1S(=O)(=O)c1ccc(Cl)cc1. The molecule has 1 N–H and O–H groups in total. The minimum atomic E-state index is -3.76. The van der Waals surface area contributed by atoms with Crippen LogP contribution in [-0.2, 0) is 14.8 Å². The average Bonchev–Trinajstić information content (AvgIpc) is 2.79. The minimum absolute atomic E-state index is 0.0695. The molecule has 1 aliphatic heterocycles. The fourth-order valence-electron chi connectivity index (χ4n) is 2.02. The van der Waals surface area contributed by atoms with Gasteiger partial charge in [0, 0.05) is 11.6 Å². The minimum Gasteiger partial charge on any atom is -0.480 e. The first-order valence-electron chi connectivity index (χ1n) is 5.43. The van der Waals surface area contributed by atoms with Gasteiger partial charge in [0.25, 0.3) is 0 Å². The summed E-state index contributed by atoms with van der Waals surface area (Å²) in [4.78, 5) is 11.1. The van der Waals surface area contributed by atoms with Crippen molar-refractivity contribution in [2.24, 2.45) is 0 Å². The second-order valence-electron chi connectivity index (χ2n) is 4.07. The van der Waals surface area contributed by atoms with E-state index < -0.39 is 22.0 Å². The van der Waals surface area contributed by atoms with Crippen molar-refractivity contribution in [3.63, 3.8) is 0 Å². The van der Waals surface area contributed by atoms with Crippen LogP contribution in [0.3, 0.4) is 0 Å². The smallest absolute Gasteiger partial charge is 0.322 e. The second kappa shape index (κ2) is 4.87. The van der Waals surface area contributed by atoms with Crippen molar-refractivity contribution in [1.29, 1.82) is 0 Å². The molecule has 1 heterocycles. The van der Waals surface area contributed by atoms with Gasteiger partial charge in [0.2, 0.25) is 10.0 Å². The number of hydrogen-bond donors (Lipinski definition) is 1. The molecule has 5 nitrogen and oxygen atoms in total. The fourth-order valence-corrected chi connectivity index (χ4v) is 3.79. The predicted molar refractivity (Wildman–Crippen MR) is 66.0 cm³/mol. The molecule has 0 aromatic heterocycles. The normalized spacial score (nSPS) is 21.1. The molecule has 0 spiro atoms. The lowest BCUT2D eigenvalue weighted by molar-refractivity contribution is -0.140. The molecule has 1 aromatic carbocycles. The fraction of sp³-hybridized carbons (Fsp3) is 0.364. The van der Waals surface area contributed by atoms with Gasteiger partial charge < -0.3 is 5.11 Å².